The van der Waals surface area contributed by atoms with Crippen LogP contribution in [0.25, 0.3) is 0 Å². The number of methoxy groups -OCH3 is 2. The van der Waals surface area contributed by atoms with Crippen molar-refractivity contribution in [1.29, 1.82) is 0 Å². The van der Waals surface area contributed by atoms with E-state index in [1.807, 2.05) is 47.5 Å². The second-order valence-electron chi connectivity index (χ2n) is 10.6. The number of carbonyl (C=O) groups excluding carboxylic acids is 1. The molecule has 2 aromatic rings. The molecule has 0 unspecified atom stereocenters. The van der Waals surface area contributed by atoms with Crippen molar-refractivity contribution in [3.63, 3.8) is 0 Å². The first-order valence-electron chi connectivity index (χ1n) is 13.7. The van der Waals surface area contributed by atoms with Gasteiger partial charge in [0.05, 0.1) is 37.7 Å². The summed E-state index contributed by atoms with van der Waals surface area (Å²) in [4.78, 5) is 24.8. The number of likely N-dealkylation sites (N-methyl/N-ethyl adjacent to an activating group) is 1. The quantitative estimate of drug-likeness (QED) is 0.387. The number of ether oxygens (including phenoxy) is 2. The molecule has 0 saturated carbocycles. The molecule has 0 radical (unpaired) electrons. The molecule has 2 aromatic carbocycles. The van der Waals surface area contributed by atoms with Crippen LogP contribution in [0.2, 0.25) is 0 Å². The Balaban J connectivity index is 1.36. The van der Waals surface area contributed by atoms with E-state index in [1.165, 1.54) is 0 Å². The number of aliphatic imine (C=N–C) groups is 1. The van der Waals surface area contributed by atoms with Crippen molar-refractivity contribution in [2.24, 2.45) is 4.99 Å². The molecule has 3 aliphatic rings. The molecule has 2 amide bonds. The molecule has 0 aliphatic carbocycles. The molecule has 39 heavy (non-hydrogen) atoms. The normalized spacial score (nSPS) is 20.6. The summed E-state index contributed by atoms with van der Waals surface area (Å²) in [5.74, 6) is 1.64. The highest BCUT2D eigenvalue weighted by Crippen LogP contribution is 2.49. The number of amides is 2. The number of allylic oxidation sites excluding steroid dienone is 1. The molecule has 3 aliphatic heterocycles. The van der Waals surface area contributed by atoms with Crippen LogP contribution in [0.1, 0.15) is 43.7 Å². The van der Waals surface area contributed by atoms with Gasteiger partial charge in [-0.1, -0.05) is 31.7 Å². The average molecular weight is 530 g/mol. The number of hydrogen-bond donors (Lipinski definition) is 1. The molecular weight excluding hydrogens is 490 g/mol. The smallest absolute Gasteiger partial charge is 0.325 e. The molecule has 206 valence electrons. The Kier molecular flexibility index (Phi) is 7.40. The van der Waals surface area contributed by atoms with Crippen LogP contribution in [0.5, 0.6) is 11.5 Å². The first-order valence-corrected chi connectivity index (χ1v) is 13.7. The Morgan fingerprint density at radius 2 is 1.95 bits per heavy atom. The zero-order chi connectivity index (χ0) is 27.7. The zero-order valence-corrected chi connectivity index (χ0v) is 23.4. The number of likely N-dealkylation sites (tertiary alicyclic amines) is 1. The topological polar surface area (TPSA) is 83.6 Å². The molecule has 2 fully saturated rings. The minimum absolute atomic E-state index is 0.0797. The second kappa shape index (κ2) is 10.8. The van der Waals surface area contributed by atoms with Gasteiger partial charge in [-0.15, -0.1) is 0 Å². The van der Waals surface area contributed by atoms with E-state index in [0.717, 1.165) is 72.1 Å². The van der Waals surface area contributed by atoms with Crippen LogP contribution in [-0.2, 0) is 6.54 Å². The van der Waals surface area contributed by atoms with Gasteiger partial charge in [-0.3, -0.25) is 14.8 Å². The summed E-state index contributed by atoms with van der Waals surface area (Å²) in [5, 5.41) is 0. The van der Waals surface area contributed by atoms with E-state index in [1.54, 1.807) is 14.2 Å². The number of urea groups is 1. The molecule has 1 atom stereocenters. The Hall–Kier alpha value is -3.78. The Morgan fingerprint density at radius 1 is 1.21 bits per heavy atom. The molecule has 0 aromatic heterocycles. The van der Waals surface area contributed by atoms with Crippen LogP contribution < -0.4 is 15.2 Å². The molecule has 0 bridgehead atoms. The van der Waals surface area contributed by atoms with Gasteiger partial charge in [-0.05, 0) is 49.1 Å². The third kappa shape index (κ3) is 4.78. The standard InChI is InChI=1S/C31H39N5O3/c1-6-36-30(37)35-20-23-16-24(38-4)17-27(39-5)29(23)22(3)15-28(35)31(36)11-13-34(14-12-31)19-21(2)18-33-26-10-8-7-9-25(26)32/h7-10,15-18,22H,2,6,11-14,19-20,32H2,1,3-5H3/t22-/m0/s1. The maximum Gasteiger partial charge on any atom is 0.325 e. The largest absolute Gasteiger partial charge is 0.497 e. The number of carbonyl (C=O) groups is 1. The van der Waals surface area contributed by atoms with Gasteiger partial charge in [0.15, 0.2) is 0 Å². The summed E-state index contributed by atoms with van der Waals surface area (Å²) in [6.07, 6.45) is 5.84. The van der Waals surface area contributed by atoms with Gasteiger partial charge in [-0.25, -0.2) is 4.79 Å². The number of nitrogens with two attached hydrogens (primary N) is 1. The lowest BCUT2D eigenvalue weighted by Crippen LogP contribution is -2.53. The summed E-state index contributed by atoms with van der Waals surface area (Å²) in [7, 11) is 3.35. The third-order valence-electron chi connectivity index (χ3n) is 8.34. The highest BCUT2D eigenvalue weighted by atomic mass is 16.5. The Bertz CT molecular complexity index is 1330. The van der Waals surface area contributed by atoms with Crippen LogP contribution in [0.4, 0.5) is 16.2 Å². The number of nitrogens with zero attached hydrogens (tertiary/aromatic N) is 4. The van der Waals surface area contributed by atoms with Crippen molar-refractivity contribution in [2.75, 3.05) is 46.1 Å². The van der Waals surface area contributed by atoms with E-state index in [0.29, 0.717) is 18.8 Å². The second-order valence-corrected chi connectivity index (χ2v) is 10.6. The summed E-state index contributed by atoms with van der Waals surface area (Å²) >= 11 is 0. The minimum Gasteiger partial charge on any atom is -0.497 e. The number of para-hydroxylation sites is 2. The first-order chi connectivity index (χ1) is 18.8. The number of hydrogen-bond acceptors (Lipinski definition) is 6. The van der Waals surface area contributed by atoms with Crippen molar-refractivity contribution in [1.82, 2.24) is 14.7 Å². The number of nitrogen functional groups attached to an aromatic ring is 1. The number of anilines is 1. The monoisotopic (exact) mass is 529 g/mol. The summed E-state index contributed by atoms with van der Waals surface area (Å²) in [6.45, 7) is 12.1. The SMILES string of the molecule is C=C(C=Nc1ccccc1N)CN1CCC2(CC1)C1=C[C@H](C)c3c(cc(OC)cc3OC)CN1C(=O)N2CC. The van der Waals surface area contributed by atoms with Crippen molar-refractivity contribution in [2.45, 2.75) is 44.7 Å². The maximum atomic E-state index is 13.8. The summed E-state index contributed by atoms with van der Waals surface area (Å²) in [6, 6.07) is 11.6. The van der Waals surface area contributed by atoms with E-state index in [-0.39, 0.29) is 17.5 Å². The van der Waals surface area contributed by atoms with Gasteiger partial charge in [0.2, 0.25) is 0 Å². The van der Waals surface area contributed by atoms with Crippen LogP contribution in [0.3, 0.4) is 0 Å². The predicted molar refractivity (Wildman–Crippen MR) is 156 cm³/mol. The third-order valence-corrected chi connectivity index (χ3v) is 8.34. The summed E-state index contributed by atoms with van der Waals surface area (Å²) < 4.78 is 11.3. The number of fused-ring (bicyclic) bond motifs is 3. The van der Waals surface area contributed by atoms with E-state index >= 15 is 0 Å². The van der Waals surface area contributed by atoms with Crippen molar-refractivity contribution >= 4 is 23.6 Å². The molecule has 3 heterocycles. The first kappa shape index (κ1) is 26.8. The van der Waals surface area contributed by atoms with Crippen molar-refractivity contribution < 1.29 is 14.3 Å². The van der Waals surface area contributed by atoms with Crippen LogP contribution >= 0.6 is 0 Å². The number of piperidine rings is 1. The maximum absolute atomic E-state index is 13.8. The lowest BCUT2D eigenvalue weighted by molar-refractivity contribution is 0.0974. The molecule has 8 nitrogen and oxygen atoms in total. The molecule has 8 heteroatoms. The van der Waals surface area contributed by atoms with E-state index in [4.69, 9.17) is 15.2 Å². The fraction of sp³-hybridized carbons (Fsp3) is 0.419. The molecule has 2 N–H and O–H groups in total. The van der Waals surface area contributed by atoms with E-state index < -0.39 is 0 Å². The highest BCUT2D eigenvalue weighted by molar-refractivity contribution is 5.84. The lowest BCUT2D eigenvalue weighted by Gasteiger charge is -2.44. The van der Waals surface area contributed by atoms with E-state index in [2.05, 4.69) is 41.3 Å². The fourth-order valence-corrected chi connectivity index (χ4v) is 6.44. The van der Waals surface area contributed by atoms with Crippen LogP contribution in [-0.4, -0.2) is 72.9 Å². The molecule has 2 saturated heterocycles. The van der Waals surface area contributed by atoms with Gasteiger partial charge in [0.1, 0.15) is 11.5 Å². The van der Waals surface area contributed by atoms with Crippen molar-refractivity contribution in [3.05, 3.63) is 71.5 Å². The Morgan fingerprint density at radius 3 is 2.62 bits per heavy atom. The van der Waals surface area contributed by atoms with E-state index in [9.17, 15) is 4.79 Å². The van der Waals surface area contributed by atoms with Gasteiger partial charge in [0, 0.05) is 55.6 Å². The van der Waals surface area contributed by atoms with Crippen molar-refractivity contribution in [3.8, 4) is 11.5 Å². The molecule has 5 rings (SSSR count). The van der Waals surface area contributed by atoms with Crippen LogP contribution in [0.15, 0.2) is 65.3 Å². The number of rotatable bonds is 7. The zero-order valence-electron chi connectivity index (χ0n) is 23.4. The minimum atomic E-state index is -0.316. The molecule has 1 spiro atoms. The van der Waals surface area contributed by atoms with Gasteiger partial charge < -0.3 is 20.1 Å². The van der Waals surface area contributed by atoms with Gasteiger partial charge in [0.25, 0.3) is 0 Å². The fourth-order valence-electron chi connectivity index (χ4n) is 6.44. The predicted octanol–water partition coefficient (Wildman–Crippen LogP) is 5.34. The average Bonchev–Trinajstić information content (AvgIpc) is 3.04. The Labute approximate surface area is 231 Å². The summed E-state index contributed by atoms with van der Waals surface area (Å²) in [5.41, 5.74) is 11.4. The number of benzene rings is 2. The lowest BCUT2D eigenvalue weighted by atomic mass is 9.82. The molecular formula is C31H39N5O3. The highest BCUT2D eigenvalue weighted by Gasteiger charge is 2.54. The van der Waals surface area contributed by atoms with Gasteiger partial charge >= 0.3 is 6.03 Å². The van der Waals surface area contributed by atoms with Gasteiger partial charge in [-0.2, -0.15) is 0 Å². The van der Waals surface area contributed by atoms with Crippen LogP contribution in [0, 0.1) is 0 Å².